The van der Waals surface area contributed by atoms with Crippen LogP contribution in [0, 0.1) is 17.0 Å². The Hall–Kier alpha value is -3.92. The Kier molecular flexibility index (Phi) is 7.62. The molecule has 3 rings (SSSR count). The molecule has 10 heteroatoms. The van der Waals surface area contributed by atoms with Crippen molar-refractivity contribution in [1.82, 2.24) is 4.83 Å². The van der Waals surface area contributed by atoms with Crippen LogP contribution in [-0.2, 0) is 10.0 Å². The molecule has 0 fully saturated rings. The summed E-state index contributed by atoms with van der Waals surface area (Å²) in [5.41, 5.74) is 2.20. The van der Waals surface area contributed by atoms with Crippen LogP contribution in [0.2, 0.25) is 0 Å². The number of hydrogen-bond donors (Lipinski definition) is 1. The number of aryl methyl sites for hydroxylation is 1. The van der Waals surface area contributed by atoms with Crippen molar-refractivity contribution in [2.24, 2.45) is 5.10 Å². The minimum Gasteiger partial charge on any atom is -0.490 e. The molecule has 0 spiro atoms. The van der Waals surface area contributed by atoms with Crippen LogP contribution in [0.5, 0.6) is 11.5 Å². The van der Waals surface area contributed by atoms with E-state index in [0.717, 1.165) is 11.1 Å². The number of benzene rings is 3. The second kappa shape index (κ2) is 10.6. The predicted octanol–water partition coefficient (Wildman–Crippen LogP) is 4.06. The van der Waals surface area contributed by atoms with Crippen molar-refractivity contribution in [3.05, 3.63) is 94.0 Å². The number of ether oxygens (including phenoxy) is 2. The Morgan fingerprint density at radius 3 is 1.94 bits per heavy atom. The van der Waals surface area contributed by atoms with Gasteiger partial charge in [-0.1, -0.05) is 17.7 Å². The van der Waals surface area contributed by atoms with E-state index in [1.54, 1.807) is 43.3 Å². The first kappa shape index (κ1) is 23.7. The van der Waals surface area contributed by atoms with Gasteiger partial charge in [0.15, 0.2) is 0 Å². The van der Waals surface area contributed by atoms with E-state index in [0.29, 0.717) is 17.2 Å². The molecule has 0 amide bonds. The van der Waals surface area contributed by atoms with Crippen LogP contribution in [0.3, 0.4) is 0 Å². The summed E-state index contributed by atoms with van der Waals surface area (Å²) in [4.78, 5) is 12.6. The van der Waals surface area contributed by atoms with Gasteiger partial charge in [-0.2, -0.15) is 18.4 Å². The topological polar surface area (TPSA) is 120 Å². The number of nitro benzene ring substituents is 1. The second-order valence-electron chi connectivity index (χ2n) is 7.08. The Balaban J connectivity index is 1.49. The van der Waals surface area contributed by atoms with Crippen molar-refractivity contribution >= 4 is 21.4 Å². The molecule has 0 unspecified atom stereocenters. The van der Waals surface area contributed by atoms with Gasteiger partial charge in [0.05, 0.1) is 15.5 Å². The molecule has 0 aromatic heterocycles. The number of nitrogens with zero attached hydrogens (tertiary/aromatic N) is 2. The van der Waals surface area contributed by atoms with Gasteiger partial charge in [-0.3, -0.25) is 10.1 Å². The Labute approximate surface area is 191 Å². The van der Waals surface area contributed by atoms with Crippen molar-refractivity contribution in [1.29, 1.82) is 0 Å². The maximum atomic E-state index is 12.3. The van der Waals surface area contributed by atoms with Gasteiger partial charge in [0.2, 0.25) is 0 Å². The molecule has 1 N–H and O–H groups in total. The molecule has 0 aliphatic rings. The molecule has 0 radical (unpaired) electrons. The second-order valence-corrected chi connectivity index (χ2v) is 8.74. The van der Waals surface area contributed by atoms with Gasteiger partial charge in [-0.15, -0.1) is 0 Å². The highest BCUT2D eigenvalue weighted by atomic mass is 32.2. The van der Waals surface area contributed by atoms with Crippen molar-refractivity contribution in [2.75, 3.05) is 13.2 Å². The fourth-order valence-electron chi connectivity index (χ4n) is 2.74. The predicted molar refractivity (Wildman–Crippen MR) is 124 cm³/mol. The average Bonchev–Trinajstić information content (AvgIpc) is 2.81. The summed E-state index contributed by atoms with van der Waals surface area (Å²) in [6.07, 6.45) is 0. The van der Waals surface area contributed by atoms with E-state index in [1.165, 1.54) is 36.4 Å². The minimum atomic E-state index is -3.74. The lowest BCUT2D eigenvalue weighted by atomic mass is 10.1. The SMILES string of the molecule is C/C(=N\NS(=O)(=O)c1ccc(C)cc1)c1ccc(OCCOc2ccc([N+](=O)[O-])cc2)cc1. The van der Waals surface area contributed by atoms with Crippen LogP contribution < -0.4 is 14.3 Å². The molecule has 172 valence electrons. The first-order valence-corrected chi connectivity index (χ1v) is 11.5. The Morgan fingerprint density at radius 2 is 1.42 bits per heavy atom. The lowest BCUT2D eigenvalue weighted by molar-refractivity contribution is -0.384. The van der Waals surface area contributed by atoms with Crippen molar-refractivity contribution in [2.45, 2.75) is 18.7 Å². The highest BCUT2D eigenvalue weighted by Crippen LogP contribution is 2.18. The molecule has 33 heavy (non-hydrogen) atoms. The lowest BCUT2D eigenvalue weighted by Crippen LogP contribution is -2.20. The van der Waals surface area contributed by atoms with Crippen LogP contribution in [-0.4, -0.2) is 32.3 Å². The van der Waals surface area contributed by atoms with Gasteiger partial charge in [0.1, 0.15) is 24.7 Å². The zero-order valence-corrected chi connectivity index (χ0v) is 18.9. The van der Waals surface area contributed by atoms with E-state index in [4.69, 9.17) is 9.47 Å². The smallest absolute Gasteiger partial charge is 0.276 e. The summed E-state index contributed by atoms with van der Waals surface area (Å²) >= 11 is 0. The quantitative estimate of drug-likeness (QED) is 0.207. The van der Waals surface area contributed by atoms with Crippen LogP contribution in [0.25, 0.3) is 0 Å². The van der Waals surface area contributed by atoms with Crippen molar-refractivity contribution in [3.63, 3.8) is 0 Å². The van der Waals surface area contributed by atoms with E-state index >= 15 is 0 Å². The third-order valence-electron chi connectivity index (χ3n) is 4.61. The van der Waals surface area contributed by atoms with Crippen molar-refractivity contribution in [3.8, 4) is 11.5 Å². The fraction of sp³-hybridized carbons (Fsp3) is 0.174. The monoisotopic (exact) mass is 469 g/mol. The molecular weight excluding hydrogens is 446 g/mol. The third kappa shape index (κ3) is 6.78. The number of nitro groups is 1. The van der Waals surface area contributed by atoms with Crippen LogP contribution in [0.1, 0.15) is 18.1 Å². The number of rotatable bonds is 10. The zero-order chi connectivity index (χ0) is 23.8. The highest BCUT2D eigenvalue weighted by molar-refractivity contribution is 7.89. The zero-order valence-electron chi connectivity index (χ0n) is 18.1. The summed E-state index contributed by atoms with van der Waals surface area (Å²) < 4.78 is 35.8. The van der Waals surface area contributed by atoms with Gasteiger partial charge in [0, 0.05) is 12.1 Å². The van der Waals surface area contributed by atoms with E-state index < -0.39 is 14.9 Å². The first-order valence-electron chi connectivity index (χ1n) is 9.98. The third-order valence-corrected chi connectivity index (χ3v) is 5.83. The van der Waals surface area contributed by atoms with Gasteiger partial charge in [0.25, 0.3) is 15.7 Å². The Bertz CT molecular complexity index is 1220. The molecule has 0 aliphatic carbocycles. The van der Waals surface area contributed by atoms with Crippen LogP contribution >= 0.6 is 0 Å². The molecule has 3 aromatic rings. The van der Waals surface area contributed by atoms with Crippen molar-refractivity contribution < 1.29 is 22.8 Å². The molecule has 0 saturated carbocycles. The largest absolute Gasteiger partial charge is 0.490 e. The minimum absolute atomic E-state index is 0.000436. The molecule has 0 heterocycles. The van der Waals surface area contributed by atoms with Gasteiger partial charge < -0.3 is 9.47 Å². The number of hydrogen-bond acceptors (Lipinski definition) is 7. The highest BCUT2D eigenvalue weighted by Gasteiger charge is 2.12. The maximum Gasteiger partial charge on any atom is 0.276 e. The van der Waals surface area contributed by atoms with Crippen LogP contribution in [0.15, 0.2) is 82.8 Å². The summed E-state index contributed by atoms with van der Waals surface area (Å²) in [5, 5.41) is 14.6. The molecule has 9 nitrogen and oxygen atoms in total. The number of hydrazone groups is 1. The Morgan fingerprint density at radius 1 is 0.909 bits per heavy atom. The summed E-state index contributed by atoms with van der Waals surface area (Å²) in [5.74, 6) is 1.12. The van der Waals surface area contributed by atoms with E-state index in [-0.39, 0.29) is 23.8 Å². The standard InChI is InChI=1S/C23H23N3O6S/c1-17-3-13-23(14-4-17)33(29,30)25-24-18(2)19-5-9-21(10-6-19)31-15-16-32-22-11-7-20(8-12-22)26(27)28/h3-14,25H,15-16H2,1-2H3/b24-18+. The number of nitrogens with one attached hydrogen (secondary N) is 1. The molecule has 0 aliphatic heterocycles. The number of non-ortho nitro benzene ring substituents is 1. The molecule has 0 bridgehead atoms. The van der Waals surface area contributed by atoms with Gasteiger partial charge >= 0.3 is 0 Å². The number of sulfonamides is 1. The van der Waals surface area contributed by atoms with E-state index in [2.05, 4.69) is 9.93 Å². The van der Waals surface area contributed by atoms with E-state index in [9.17, 15) is 18.5 Å². The molecule has 0 saturated heterocycles. The summed E-state index contributed by atoms with van der Waals surface area (Å²) in [6, 6.07) is 19.3. The maximum absolute atomic E-state index is 12.3. The van der Waals surface area contributed by atoms with Crippen LogP contribution in [0.4, 0.5) is 5.69 Å². The average molecular weight is 470 g/mol. The van der Waals surface area contributed by atoms with E-state index in [1.807, 2.05) is 6.92 Å². The molecule has 3 aromatic carbocycles. The van der Waals surface area contributed by atoms with Gasteiger partial charge in [-0.25, -0.2) is 0 Å². The fourth-order valence-corrected chi connectivity index (χ4v) is 3.60. The summed E-state index contributed by atoms with van der Waals surface area (Å²) in [6.45, 7) is 4.12. The lowest BCUT2D eigenvalue weighted by Gasteiger charge is -2.09. The molecule has 0 atom stereocenters. The van der Waals surface area contributed by atoms with Gasteiger partial charge in [-0.05, 0) is 67.9 Å². The molecular formula is C23H23N3O6S. The summed E-state index contributed by atoms with van der Waals surface area (Å²) in [7, 11) is -3.74. The first-order chi connectivity index (χ1) is 15.7. The normalized spacial score (nSPS) is 11.6.